The fourth-order valence-electron chi connectivity index (χ4n) is 8.15. The average Bonchev–Trinajstić information content (AvgIpc) is 3.50. The molecule has 0 bridgehead atoms. The molecule has 3 nitrogen and oxygen atoms in total. The summed E-state index contributed by atoms with van der Waals surface area (Å²) < 4.78 is 22.0. The largest absolute Gasteiger partial charge is 0.402 e. The van der Waals surface area contributed by atoms with E-state index in [1.807, 2.05) is 0 Å². The minimum Gasteiger partial charge on any atom is -0.402 e. The van der Waals surface area contributed by atoms with Crippen molar-refractivity contribution >= 4 is 37.4 Å². The molecule has 0 aromatic heterocycles. The molecule has 4 aromatic carbocycles. The first-order valence-electron chi connectivity index (χ1n) is 16.7. The van der Waals surface area contributed by atoms with Crippen LogP contribution in [-0.2, 0) is 13.6 Å². The summed E-state index contributed by atoms with van der Waals surface area (Å²) in [5, 5.41) is 5.05. The Bertz CT molecular complexity index is 1320. The van der Waals surface area contributed by atoms with Gasteiger partial charge in [-0.1, -0.05) is 163 Å². The van der Waals surface area contributed by atoms with Gasteiger partial charge in [0.25, 0.3) is 16.6 Å². The van der Waals surface area contributed by atoms with Crippen LogP contribution in [0, 0.1) is 11.8 Å². The summed E-state index contributed by atoms with van der Waals surface area (Å²) in [5.41, 5.74) is 0. The van der Waals surface area contributed by atoms with Gasteiger partial charge >= 0.3 is 0 Å². The second-order valence-corrected chi connectivity index (χ2v) is 23.7. The van der Waals surface area contributed by atoms with Crippen molar-refractivity contribution in [2.24, 2.45) is 11.8 Å². The normalized spacial score (nSPS) is 22.6. The predicted octanol–water partition coefficient (Wildman–Crippen LogP) is 6.93. The number of hydrogen-bond donors (Lipinski definition) is 0. The van der Waals surface area contributed by atoms with Gasteiger partial charge in [0.05, 0.1) is 12.2 Å². The van der Waals surface area contributed by atoms with Gasteiger partial charge in [-0.25, -0.2) is 0 Å². The summed E-state index contributed by atoms with van der Waals surface area (Å²) in [4.78, 5) is 0. The molecule has 0 radical (unpaired) electrons. The Labute approximate surface area is 273 Å². The molecular formula is C40H50O3Si2. The summed E-state index contributed by atoms with van der Waals surface area (Å²) in [6.45, 7) is 15.9. The molecule has 5 heteroatoms. The maximum Gasteiger partial charge on any atom is 0.261 e. The fourth-order valence-corrected chi connectivity index (χ4v) is 17.6. The number of benzene rings is 4. The van der Waals surface area contributed by atoms with E-state index in [2.05, 4.69) is 163 Å². The van der Waals surface area contributed by atoms with Gasteiger partial charge in [0.1, 0.15) is 0 Å². The maximum atomic E-state index is 7.95. The van der Waals surface area contributed by atoms with Gasteiger partial charge in [0.15, 0.2) is 0 Å². The molecular weight excluding hydrogens is 585 g/mol. The Balaban J connectivity index is 1.52. The second kappa shape index (κ2) is 12.8. The number of ether oxygens (including phenoxy) is 1. The van der Waals surface area contributed by atoms with Crippen molar-refractivity contribution in [3.05, 3.63) is 121 Å². The smallest absolute Gasteiger partial charge is 0.261 e. The van der Waals surface area contributed by atoms with E-state index in [1.165, 1.54) is 20.7 Å². The second-order valence-electron chi connectivity index (χ2n) is 15.2. The summed E-state index contributed by atoms with van der Waals surface area (Å²) in [7, 11) is -5.62. The first-order chi connectivity index (χ1) is 21.6. The molecule has 4 atom stereocenters. The van der Waals surface area contributed by atoms with Crippen molar-refractivity contribution in [2.75, 3.05) is 13.2 Å². The summed E-state index contributed by atoms with van der Waals surface area (Å²) in [5.74, 6) is 0.986. The lowest BCUT2D eigenvalue weighted by Gasteiger charge is -2.52. The highest BCUT2D eigenvalue weighted by Gasteiger charge is 2.57. The summed E-state index contributed by atoms with van der Waals surface area (Å²) in [6, 6.07) is 44.2. The van der Waals surface area contributed by atoms with Crippen LogP contribution in [-0.4, -0.2) is 42.1 Å². The molecule has 1 saturated carbocycles. The quantitative estimate of drug-likeness (QED) is 0.197. The third kappa shape index (κ3) is 5.94. The van der Waals surface area contributed by atoms with E-state index in [1.54, 1.807) is 0 Å². The van der Waals surface area contributed by atoms with Gasteiger partial charge in [-0.2, -0.15) is 0 Å². The van der Waals surface area contributed by atoms with Crippen molar-refractivity contribution < 1.29 is 13.6 Å². The van der Waals surface area contributed by atoms with E-state index in [-0.39, 0.29) is 22.3 Å². The maximum absolute atomic E-state index is 7.95. The first kappa shape index (κ1) is 32.1. The average molecular weight is 635 g/mol. The van der Waals surface area contributed by atoms with Gasteiger partial charge in [0, 0.05) is 13.2 Å². The lowest BCUT2D eigenvalue weighted by molar-refractivity contribution is -0.0188. The molecule has 1 saturated heterocycles. The van der Waals surface area contributed by atoms with Gasteiger partial charge in [-0.05, 0) is 55.5 Å². The highest BCUT2D eigenvalue weighted by atomic mass is 28.4. The zero-order chi connectivity index (χ0) is 31.7. The third-order valence-corrected chi connectivity index (χ3v) is 20.4. The Morgan fingerprint density at radius 3 is 0.978 bits per heavy atom. The molecule has 1 aliphatic carbocycles. The SMILES string of the molecule is CC(C)(C)[Si](O[C@H]1C[C@@H]2COC[C@@H]2C[C@H]1O[Si](c1ccccc1)(c1ccccc1)C(C)(C)C)(c1ccccc1)c1ccccc1. The number of fused-ring (bicyclic) bond motifs is 1. The van der Waals surface area contributed by atoms with Crippen LogP contribution in [0.25, 0.3) is 0 Å². The van der Waals surface area contributed by atoms with Crippen LogP contribution in [0.3, 0.4) is 0 Å². The fraction of sp³-hybridized carbons (Fsp3) is 0.400. The molecule has 0 unspecified atom stereocenters. The van der Waals surface area contributed by atoms with Gasteiger partial charge in [0.2, 0.25) is 0 Å². The molecule has 4 aromatic rings. The summed E-state index contributed by atoms with van der Waals surface area (Å²) in [6.07, 6.45) is 1.80. The monoisotopic (exact) mass is 634 g/mol. The number of hydrogen-bond acceptors (Lipinski definition) is 3. The van der Waals surface area contributed by atoms with Crippen molar-refractivity contribution in [1.29, 1.82) is 0 Å². The van der Waals surface area contributed by atoms with E-state index in [4.69, 9.17) is 13.6 Å². The van der Waals surface area contributed by atoms with Gasteiger partial charge in [-0.15, -0.1) is 0 Å². The molecule has 6 rings (SSSR count). The highest BCUT2D eigenvalue weighted by Crippen LogP contribution is 2.46. The minimum atomic E-state index is -2.81. The Kier molecular flexibility index (Phi) is 9.12. The van der Waals surface area contributed by atoms with E-state index in [0.29, 0.717) is 11.8 Å². The standard InChI is InChI=1S/C40H50O3Si2/c1-39(2,3)44(33-19-11-7-12-20-33,34-21-13-8-14-22-34)42-37-27-31-29-41-30-32(31)28-38(37)43-45(40(4,5)6,35-23-15-9-16-24-35)36-25-17-10-18-26-36/h7-26,31-32,37-38H,27-30H2,1-6H3/t31-,32+,37+,38-. The Morgan fingerprint density at radius 1 is 0.467 bits per heavy atom. The lowest BCUT2D eigenvalue weighted by Crippen LogP contribution is -2.71. The van der Waals surface area contributed by atoms with Crippen LogP contribution in [0.4, 0.5) is 0 Å². The molecule has 0 amide bonds. The van der Waals surface area contributed by atoms with Crippen LogP contribution in [0.2, 0.25) is 10.1 Å². The molecule has 2 aliphatic rings. The van der Waals surface area contributed by atoms with Gasteiger partial charge in [-0.3, -0.25) is 0 Å². The van der Waals surface area contributed by atoms with E-state index in [9.17, 15) is 0 Å². The van der Waals surface area contributed by atoms with Crippen molar-refractivity contribution in [1.82, 2.24) is 0 Å². The molecule has 0 N–H and O–H groups in total. The van der Waals surface area contributed by atoms with E-state index < -0.39 is 16.6 Å². The molecule has 236 valence electrons. The molecule has 1 aliphatic heterocycles. The van der Waals surface area contributed by atoms with Crippen LogP contribution < -0.4 is 20.7 Å². The molecule has 2 fully saturated rings. The van der Waals surface area contributed by atoms with Crippen LogP contribution >= 0.6 is 0 Å². The van der Waals surface area contributed by atoms with Crippen LogP contribution in [0.15, 0.2) is 121 Å². The minimum absolute atomic E-state index is 0.0547. The summed E-state index contributed by atoms with van der Waals surface area (Å²) >= 11 is 0. The van der Waals surface area contributed by atoms with Crippen molar-refractivity contribution in [3.8, 4) is 0 Å². The Morgan fingerprint density at radius 2 is 0.733 bits per heavy atom. The van der Waals surface area contributed by atoms with E-state index in [0.717, 1.165) is 26.1 Å². The highest BCUT2D eigenvalue weighted by molar-refractivity contribution is 7.00. The Hall–Kier alpha value is -2.81. The van der Waals surface area contributed by atoms with Crippen LogP contribution in [0.5, 0.6) is 0 Å². The number of rotatable bonds is 8. The predicted molar refractivity (Wildman–Crippen MR) is 192 cm³/mol. The van der Waals surface area contributed by atoms with E-state index >= 15 is 0 Å². The van der Waals surface area contributed by atoms with Crippen molar-refractivity contribution in [3.63, 3.8) is 0 Å². The molecule has 0 spiro atoms. The third-order valence-electron chi connectivity index (χ3n) is 10.3. The van der Waals surface area contributed by atoms with Crippen LogP contribution in [0.1, 0.15) is 54.4 Å². The molecule has 45 heavy (non-hydrogen) atoms. The topological polar surface area (TPSA) is 27.7 Å². The van der Waals surface area contributed by atoms with Crippen molar-refractivity contribution in [2.45, 2.75) is 76.7 Å². The molecule has 1 heterocycles. The van der Waals surface area contributed by atoms with Gasteiger partial charge < -0.3 is 13.6 Å². The lowest BCUT2D eigenvalue weighted by atomic mass is 9.79. The first-order valence-corrected chi connectivity index (χ1v) is 20.5. The zero-order valence-electron chi connectivity index (χ0n) is 27.9. The zero-order valence-corrected chi connectivity index (χ0v) is 29.9.